The van der Waals surface area contributed by atoms with Crippen LogP contribution in [0.5, 0.6) is 5.75 Å². The molecule has 0 spiro atoms. The van der Waals surface area contributed by atoms with Gasteiger partial charge in [-0.05, 0) is 25.0 Å². The van der Waals surface area contributed by atoms with Crippen molar-refractivity contribution >= 4 is 0 Å². The Kier molecular flexibility index (Phi) is 1.57. The molecule has 0 unspecified atom stereocenters. The van der Waals surface area contributed by atoms with Gasteiger partial charge in [-0.1, -0.05) is 0 Å². The molecule has 1 aliphatic rings. The van der Waals surface area contributed by atoms with E-state index in [9.17, 15) is 19.0 Å². The van der Waals surface area contributed by atoms with Gasteiger partial charge in [0.15, 0.2) is 11.6 Å². The van der Waals surface area contributed by atoms with Crippen LogP contribution in [0.1, 0.15) is 18.4 Å². The average Bonchev–Trinajstić information content (AvgIpc) is 2.80. The number of phenolic OH excluding ortho intramolecular Hbond substituents is 1. The van der Waals surface area contributed by atoms with Gasteiger partial charge in [-0.25, -0.2) is 4.39 Å². The molecule has 2 nitrogen and oxygen atoms in total. The molecular formula is C9H8F2O2. The molecule has 1 aliphatic carbocycles. The van der Waals surface area contributed by atoms with Gasteiger partial charge in [0, 0.05) is 5.56 Å². The second kappa shape index (κ2) is 2.42. The molecular weight excluding hydrogens is 178 g/mol. The summed E-state index contributed by atoms with van der Waals surface area (Å²) in [6.45, 7) is 0. The zero-order valence-electron chi connectivity index (χ0n) is 6.72. The first-order chi connectivity index (χ1) is 6.04. The Hall–Kier alpha value is -1.16. The fourth-order valence-corrected chi connectivity index (χ4v) is 1.30. The molecule has 0 aromatic heterocycles. The number of aromatic hydroxyl groups is 1. The molecule has 0 saturated heterocycles. The van der Waals surface area contributed by atoms with E-state index >= 15 is 0 Å². The monoisotopic (exact) mass is 186 g/mol. The van der Waals surface area contributed by atoms with E-state index < -0.39 is 23.0 Å². The lowest BCUT2D eigenvalue weighted by molar-refractivity contribution is 0.146. The minimum atomic E-state index is -1.29. The van der Waals surface area contributed by atoms with Crippen molar-refractivity contribution in [3.8, 4) is 5.75 Å². The van der Waals surface area contributed by atoms with Gasteiger partial charge >= 0.3 is 0 Å². The van der Waals surface area contributed by atoms with Crippen LogP contribution in [0, 0.1) is 11.6 Å². The summed E-state index contributed by atoms with van der Waals surface area (Å²) in [4.78, 5) is 0. The lowest BCUT2D eigenvalue weighted by atomic mass is 10.1. The summed E-state index contributed by atoms with van der Waals surface area (Å²) in [5.41, 5.74) is -1.06. The predicted octanol–water partition coefficient (Wildman–Crippen LogP) is 1.65. The second-order valence-electron chi connectivity index (χ2n) is 3.29. The van der Waals surface area contributed by atoms with Gasteiger partial charge in [0.1, 0.15) is 0 Å². The normalized spacial score (nSPS) is 18.7. The lowest BCUT2D eigenvalue weighted by Gasteiger charge is -2.10. The third-order valence-electron chi connectivity index (χ3n) is 2.29. The SMILES string of the molecule is Oc1c(C2(O)CC2)ccc(F)c1F. The van der Waals surface area contributed by atoms with Gasteiger partial charge in [-0.2, -0.15) is 4.39 Å². The summed E-state index contributed by atoms with van der Waals surface area (Å²) in [6, 6.07) is 2.11. The number of hydrogen-bond donors (Lipinski definition) is 2. The summed E-state index contributed by atoms with van der Waals surface area (Å²) in [7, 11) is 0. The fraction of sp³-hybridized carbons (Fsp3) is 0.333. The second-order valence-corrected chi connectivity index (χ2v) is 3.29. The Balaban J connectivity index is 2.54. The van der Waals surface area contributed by atoms with E-state index in [1.54, 1.807) is 0 Å². The molecule has 1 saturated carbocycles. The maximum Gasteiger partial charge on any atom is 0.200 e. The Labute approximate surface area is 73.4 Å². The number of hydrogen-bond acceptors (Lipinski definition) is 2. The van der Waals surface area contributed by atoms with Crippen molar-refractivity contribution in [2.45, 2.75) is 18.4 Å². The first kappa shape index (κ1) is 8.44. The topological polar surface area (TPSA) is 40.5 Å². The van der Waals surface area contributed by atoms with Crippen molar-refractivity contribution in [3.63, 3.8) is 0 Å². The van der Waals surface area contributed by atoms with Crippen LogP contribution in [-0.2, 0) is 5.60 Å². The fourth-order valence-electron chi connectivity index (χ4n) is 1.30. The molecule has 0 amide bonds. The summed E-state index contributed by atoms with van der Waals surface area (Å²) in [6.07, 6.45) is 0.956. The van der Waals surface area contributed by atoms with E-state index in [4.69, 9.17) is 0 Å². The number of rotatable bonds is 1. The summed E-state index contributed by atoms with van der Waals surface area (Å²) >= 11 is 0. The van der Waals surface area contributed by atoms with E-state index in [0.29, 0.717) is 12.8 Å². The number of halogens is 2. The third-order valence-corrected chi connectivity index (χ3v) is 2.29. The summed E-state index contributed by atoms with van der Waals surface area (Å²) in [5, 5.41) is 18.7. The molecule has 1 aromatic rings. The van der Waals surface area contributed by atoms with Crippen molar-refractivity contribution in [2.75, 3.05) is 0 Å². The predicted molar refractivity (Wildman–Crippen MR) is 41.2 cm³/mol. The van der Waals surface area contributed by atoms with E-state index in [1.807, 2.05) is 0 Å². The Morgan fingerprint density at radius 3 is 2.38 bits per heavy atom. The highest BCUT2D eigenvalue weighted by Gasteiger charge is 2.44. The van der Waals surface area contributed by atoms with E-state index in [1.165, 1.54) is 6.07 Å². The number of aliphatic hydroxyl groups is 1. The van der Waals surface area contributed by atoms with Gasteiger partial charge in [-0.3, -0.25) is 0 Å². The zero-order chi connectivity index (χ0) is 9.64. The lowest BCUT2D eigenvalue weighted by Crippen LogP contribution is -2.06. The zero-order valence-corrected chi connectivity index (χ0v) is 6.72. The van der Waals surface area contributed by atoms with Crippen LogP contribution >= 0.6 is 0 Å². The highest BCUT2D eigenvalue weighted by molar-refractivity contribution is 5.41. The van der Waals surface area contributed by atoms with Crippen LogP contribution in [0.3, 0.4) is 0 Å². The van der Waals surface area contributed by atoms with E-state index in [0.717, 1.165) is 6.07 Å². The van der Waals surface area contributed by atoms with Crippen LogP contribution in [0.15, 0.2) is 12.1 Å². The van der Waals surface area contributed by atoms with Gasteiger partial charge in [0.05, 0.1) is 5.60 Å². The largest absolute Gasteiger partial charge is 0.504 e. The maximum absolute atomic E-state index is 12.8. The van der Waals surface area contributed by atoms with Crippen LogP contribution in [0.4, 0.5) is 8.78 Å². The minimum Gasteiger partial charge on any atom is -0.504 e. The molecule has 0 radical (unpaired) electrons. The molecule has 0 atom stereocenters. The first-order valence-corrected chi connectivity index (χ1v) is 3.94. The smallest absolute Gasteiger partial charge is 0.200 e. The molecule has 0 heterocycles. The molecule has 1 aromatic carbocycles. The van der Waals surface area contributed by atoms with Gasteiger partial charge < -0.3 is 10.2 Å². The van der Waals surface area contributed by atoms with Gasteiger partial charge in [0.25, 0.3) is 0 Å². The van der Waals surface area contributed by atoms with Crippen LogP contribution in [-0.4, -0.2) is 10.2 Å². The van der Waals surface area contributed by atoms with Crippen LogP contribution in [0.25, 0.3) is 0 Å². The van der Waals surface area contributed by atoms with E-state index in [2.05, 4.69) is 0 Å². The van der Waals surface area contributed by atoms with Crippen LogP contribution < -0.4 is 0 Å². The first-order valence-electron chi connectivity index (χ1n) is 3.94. The van der Waals surface area contributed by atoms with Crippen molar-refractivity contribution in [1.82, 2.24) is 0 Å². The van der Waals surface area contributed by atoms with Crippen molar-refractivity contribution in [3.05, 3.63) is 29.3 Å². The summed E-state index contributed by atoms with van der Waals surface area (Å²) in [5.74, 6) is -3.18. The number of phenols is 1. The Morgan fingerprint density at radius 2 is 1.85 bits per heavy atom. The quantitative estimate of drug-likeness (QED) is 0.700. The standard InChI is InChI=1S/C9H8F2O2/c10-6-2-1-5(8(12)7(6)11)9(13)3-4-9/h1-2,12-13H,3-4H2. The average molecular weight is 186 g/mol. The highest BCUT2D eigenvalue weighted by atomic mass is 19.2. The third kappa shape index (κ3) is 1.18. The molecule has 2 N–H and O–H groups in total. The molecule has 70 valence electrons. The molecule has 1 fully saturated rings. The van der Waals surface area contributed by atoms with Gasteiger partial charge in [-0.15, -0.1) is 0 Å². The van der Waals surface area contributed by atoms with Crippen molar-refractivity contribution in [1.29, 1.82) is 0 Å². The Bertz CT molecular complexity index is 359. The van der Waals surface area contributed by atoms with E-state index in [-0.39, 0.29) is 5.56 Å². The van der Waals surface area contributed by atoms with Crippen LogP contribution in [0.2, 0.25) is 0 Å². The van der Waals surface area contributed by atoms with Crippen molar-refractivity contribution in [2.24, 2.45) is 0 Å². The van der Waals surface area contributed by atoms with Gasteiger partial charge in [0.2, 0.25) is 5.82 Å². The minimum absolute atomic E-state index is 0.0754. The molecule has 4 heteroatoms. The Morgan fingerprint density at radius 1 is 1.23 bits per heavy atom. The maximum atomic E-state index is 12.8. The molecule has 2 rings (SSSR count). The summed E-state index contributed by atoms with van der Waals surface area (Å²) < 4.78 is 25.4. The van der Waals surface area contributed by atoms with Crippen molar-refractivity contribution < 1.29 is 19.0 Å². The molecule has 13 heavy (non-hydrogen) atoms. The highest BCUT2D eigenvalue weighted by Crippen LogP contribution is 2.49. The number of benzene rings is 1. The molecule has 0 aliphatic heterocycles. The molecule has 0 bridgehead atoms.